The molecule has 0 aliphatic carbocycles. The minimum Gasteiger partial charge on any atom is -0.352 e. The highest BCUT2D eigenvalue weighted by Crippen LogP contribution is 2.23. The van der Waals surface area contributed by atoms with Crippen molar-refractivity contribution in [2.24, 2.45) is 0 Å². The first-order chi connectivity index (χ1) is 16.9. The van der Waals surface area contributed by atoms with Crippen molar-refractivity contribution in [1.82, 2.24) is 10.2 Å². The van der Waals surface area contributed by atoms with Crippen LogP contribution in [-0.4, -0.2) is 34.6 Å². The summed E-state index contributed by atoms with van der Waals surface area (Å²) in [4.78, 5) is 29.8. The highest BCUT2D eigenvalue weighted by Gasteiger charge is 2.31. The number of nitrogens with one attached hydrogen (secondary N) is 1. The molecule has 2 atom stereocenters. The molecule has 3 aromatic rings. The minimum atomic E-state index is -0.631. The first kappa shape index (κ1) is 27.3. The van der Waals surface area contributed by atoms with Gasteiger partial charge in [0.15, 0.2) is 0 Å². The molecule has 184 valence electrons. The van der Waals surface area contributed by atoms with Gasteiger partial charge in [-0.3, -0.25) is 9.59 Å². The number of benzene rings is 3. The SMILES string of the molecule is CC[C@H](C)NC(=O)[C@H](Cc1ccccc1)N(Cc1ccc(Br)cc1)C(=O)CSc1ccc(Cl)cc1. The van der Waals surface area contributed by atoms with Crippen molar-refractivity contribution in [3.8, 4) is 0 Å². The topological polar surface area (TPSA) is 49.4 Å². The molecule has 4 nitrogen and oxygen atoms in total. The summed E-state index contributed by atoms with van der Waals surface area (Å²) in [7, 11) is 0. The van der Waals surface area contributed by atoms with Crippen LogP contribution >= 0.6 is 39.3 Å². The van der Waals surface area contributed by atoms with Crippen molar-refractivity contribution in [2.75, 3.05) is 5.75 Å². The number of carbonyl (C=O) groups excluding carboxylic acids is 2. The van der Waals surface area contributed by atoms with Crippen LogP contribution in [0.5, 0.6) is 0 Å². The van der Waals surface area contributed by atoms with Crippen molar-refractivity contribution >= 4 is 51.1 Å². The maximum atomic E-state index is 13.6. The molecule has 0 spiro atoms. The lowest BCUT2D eigenvalue weighted by Crippen LogP contribution is -2.52. The molecule has 0 aliphatic rings. The standard InChI is InChI=1S/C28H30BrClN2O2S/c1-3-20(2)31-28(34)26(17-21-7-5-4-6-8-21)32(18-22-9-11-23(29)12-10-22)27(33)19-35-25-15-13-24(30)14-16-25/h4-16,20,26H,3,17-19H2,1-2H3,(H,31,34)/t20-,26-/m0/s1. The van der Waals surface area contributed by atoms with Crippen LogP contribution in [0.15, 0.2) is 88.2 Å². The van der Waals surface area contributed by atoms with Crippen LogP contribution in [0.3, 0.4) is 0 Å². The highest BCUT2D eigenvalue weighted by atomic mass is 79.9. The van der Waals surface area contributed by atoms with Gasteiger partial charge in [0.2, 0.25) is 11.8 Å². The molecule has 0 aromatic heterocycles. The van der Waals surface area contributed by atoms with Crippen molar-refractivity contribution in [3.05, 3.63) is 99.5 Å². The lowest BCUT2D eigenvalue weighted by atomic mass is 10.0. The summed E-state index contributed by atoms with van der Waals surface area (Å²) >= 11 is 10.9. The van der Waals surface area contributed by atoms with Crippen LogP contribution in [-0.2, 0) is 22.6 Å². The van der Waals surface area contributed by atoms with E-state index >= 15 is 0 Å². The molecule has 3 rings (SSSR count). The second kappa shape index (κ2) is 13.7. The van der Waals surface area contributed by atoms with E-state index in [4.69, 9.17) is 11.6 Å². The van der Waals surface area contributed by atoms with Crippen LogP contribution in [0.2, 0.25) is 5.02 Å². The molecule has 2 amide bonds. The Bertz CT molecular complexity index is 1090. The summed E-state index contributed by atoms with van der Waals surface area (Å²) in [6, 6.07) is 24.5. The van der Waals surface area contributed by atoms with Gasteiger partial charge in [-0.1, -0.05) is 76.9 Å². The van der Waals surface area contributed by atoms with Crippen molar-refractivity contribution < 1.29 is 9.59 Å². The fourth-order valence-corrected chi connectivity index (χ4v) is 4.72. The number of hydrogen-bond donors (Lipinski definition) is 1. The van der Waals surface area contributed by atoms with E-state index in [0.717, 1.165) is 26.9 Å². The van der Waals surface area contributed by atoms with Crippen molar-refractivity contribution in [2.45, 2.75) is 50.2 Å². The number of thioether (sulfide) groups is 1. The Morgan fingerprint density at radius 1 is 0.971 bits per heavy atom. The molecule has 0 aliphatic heterocycles. The maximum absolute atomic E-state index is 13.6. The van der Waals surface area contributed by atoms with Gasteiger partial charge in [-0.2, -0.15) is 0 Å². The third-order valence-electron chi connectivity index (χ3n) is 5.71. The number of nitrogens with zero attached hydrogens (tertiary/aromatic N) is 1. The predicted molar refractivity (Wildman–Crippen MR) is 149 cm³/mol. The lowest BCUT2D eigenvalue weighted by molar-refractivity contribution is -0.139. The van der Waals surface area contributed by atoms with Crippen LogP contribution < -0.4 is 5.32 Å². The van der Waals surface area contributed by atoms with Gasteiger partial charge >= 0.3 is 0 Å². The number of amides is 2. The van der Waals surface area contributed by atoms with Crippen LogP contribution in [0.1, 0.15) is 31.4 Å². The highest BCUT2D eigenvalue weighted by molar-refractivity contribution is 9.10. The van der Waals surface area contributed by atoms with Gasteiger partial charge in [0, 0.05) is 33.4 Å². The van der Waals surface area contributed by atoms with Crippen LogP contribution in [0, 0.1) is 0 Å². The molecule has 7 heteroatoms. The normalized spacial score (nSPS) is 12.6. The molecule has 1 N–H and O–H groups in total. The van der Waals surface area contributed by atoms with Crippen LogP contribution in [0.25, 0.3) is 0 Å². The second-order valence-electron chi connectivity index (χ2n) is 8.41. The summed E-state index contributed by atoms with van der Waals surface area (Å²) < 4.78 is 0.966. The first-order valence-electron chi connectivity index (χ1n) is 11.6. The minimum absolute atomic E-state index is 0.0221. The largest absolute Gasteiger partial charge is 0.352 e. The third-order valence-corrected chi connectivity index (χ3v) is 7.49. The van der Waals surface area contributed by atoms with E-state index in [0.29, 0.717) is 18.0 Å². The quantitative estimate of drug-likeness (QED) is 0.258. The first-order valence-corrected chi connectivity index (χ1v) is 13.8. The molecular formula is C28H30BrClN2O2S. The molecule has 0 radical (unpaired) electrons. The average Bonchev–Trinajstić information content (AvgIpc) is 2.87. The molecule has 0 saturated carbocycles. The predicted octanol–water partition coefficient (Wildman–Crippen LogP) is 6.75. The number of hydrogen-bond acceptors (Lipinski definition) is 3. The average molecular weight is 574 g/mol. The zero-order valence-corrected chi connectivity index (χ0v) is 23.1. The summed E-state index contributed by atoms with van der Waals surface area (Å²) in [6.45, 7) is 4.36. The van der Waals surface area contributed by atoms with Gasteiger partial charge in [0.05, 0.1) is 5.75 Å². The maximum Gasteiger partial charge on any atom is 0.243 e. The smallest absolute Gasteiger partial charge is 0.243 e. The monoisotopic (exact) mass is 572 g/mol. The molecule has 0 unspecified atom stereocenters. The van der Waals surface area contributed by atoms with Gasteiger partial charge in [-0.25, -0.2) is 0 Å². The summed E-state index contributed by atoms with van der Waals surface area (Å²) in [6.07, 6.45) is 1.26. The summed E-state index contributed by atoms with van der Waals surface area (Å²) in [5, 5.41) is 3.75. The lowest BCUT2D eigenvalue weighted by Gasteiger charge is -2.32. The molecule has 0 bridgehead atoms. The van der Waals surface area contributed by atoms with Gasteiger partial charge in [-0.05, 0) is 60.9 Å². The molecule has 0 heterocycles. The zero-order valence-electron chi connectivity index (χ0n) is 19.9. The Labute approximate surface area is 225 Å². The number of carbonyl (C=O) groups is 2. The fraction of sp³-hybridized carbons (Fsp3) is 0.286. The van der Waals surface area contributed by atoms with Crippen LogP contribution in [0.4, 0.5) is 0 Å². The summed E-state index contributed by atoms with van der Waals surface area (Å²) in [5.74, 6) is -0.00155. The Morgan fingerprint density at radius 2 is 1.63 bits per heavy atom. The van der Waals surface area contributed by atoms with E-state index in [-0.39, 0.29) is 23.6 Å². The fourth-order valence-electron chi connectivity index (χ4n) is 3.54. The van der Waals surface area contributed by atoms with E-state index < -0.39 is 6.04 Å². The van der Waals surface area contributed by atoms with Crippen molar-refractivity contribution in [1.29, 1.82) is 0 Å². The Kier molecular flexibility index (Phi) is 10.7. The second-order valence-corrected chi connectivity index (χ2v) is 10.8. The Morgan fingerprint density at radius 3 is 2.26 bits per heavy atom. The zero-order chi connectivity index (χ0) is 25.2. The van der Waals surface area contributed by atoms with E-state index in [2.05, 4.69) is 21.2 Å². The van der Waals surface area contributed by atoms with Gasteiger partial charge < -0.3 is 10.2 Å². The van der Waals surface area contributed by atoms with Gasteiger partial charge in [-0.15, -0.1) is 11.8 Å². The van der Waals surface area contributed by atoms with E-state index in [1.807, 2.05) is 92.7 Å². The van der Waals surface area contributed by atoms with E-state index in [9.17, 15) is 9.59 Å². The molecule has 0 fully saturated rings. The molecule has 0 saturated heterocycles. The number of rotatable bonds is 11. The van der Waals surface area contributed by atoms with E-state index in [1.54, 1.807) is 4.90 Å². The molecule has 35 heavy (non-hydrogen) atoms. The third kappa shape index (κ3) is 8.71. The Hall–Kier alpha value is -2.28. The van der Waals surface area contributed by atoms with Gasteiger partial charge in [0.1, 0.15) is 6.04 Å². The molecule has 3 aromatic carbocycles. The van der Waals surface area contributed by atoms with E-state index in [1.165, 1.54) is 11.8 Å². The molecular weight excluding hydrogens is 544 g/mol. The summed E-state index contributed by atoms with van der Waals surface area (Å²) in [5.41, 5.74) is 1.98. The number of halogens is 2. The van der Waals surface area contributed by atoms with Gasteiger partial charge in [0.25, 0.3) is 0 Å². The van der Waals surface area contributed by atoms with Crippen molar-refractivity contribution in [3.63, 3.8) is 0 Å². The Balaban J connectivity index is 1.89.